The molecule has 12 heteroatoms. The molecule has 12 nitrogen and oxygen atoms in total. The summed E-state index contributed by atoms with van der Waals surface area (Å²) < 4.78 is 20.1. The molecule has 0 saturated heterocycles. The molecule has 0 unspecified atom stereocenters. The molecule has 0 fully saturated rings. The largest absolute Gasteiger partial charge is 0.480 e. The summed E-state index contributed by atoms with van der Waals surface area (Å²) in [6.07, 6.45) is -0.0443. The third-order valence-electron chi connectivity index (χ3n) is 3.68. The molecular weight excluding hydrogens is 402 g/mol. The number of nitrogens with one attached hydrogen (secondary N) is 3. The number of amides is 3. The molecule has 0 spiro atoms. The Balaban J connectivity index is 4.10. The molecule has 0 aliphatic rings. The van der Waals surface area contributed by atoms with Crippen LogP contribution in [0.15, 0.2) is 0 Å². The molecule has 30 heavy (non-hydrogen) atoms. The van der Waals surface area contributed by atoms with Crippen LogP contribution < -0.4 is 16.0 Å². The Bertz CT molecular complexity index is 527. The van der Waals surface area contributed by atoms with E-state index in [1.54, 1.807) is 0 Å². The van der Waals surface area contributed by atoms with Crippen LogP contribution in [0.1, 0.15) is 26.2 Å². The Morgan fingerprint density at radius 1 is 0.900 bits per heavy atom. The predicted octanol–water partition coefficient (Wildman–Crippen LogP) is -1.37. The monoisotopic (exact) mass is 435 g/mol. The van der Waals surface area contributed by atoms with Crippen molar-refractivity contribution in [2.45, 2.75) is 38.5 Å². The van der Waals surface area contributed by atoms with Crippen LogP contribution in [-0.4, -0.2) is 94.9 Å². The number of carboxylic acids is 1. The molecular formula is C18H33N3O9. The lowest BCUT2D eigenvalue weighted by Gasteiger charge is -2.15. The number of carboxylic acid groups (broad SMARTS) is 1. The highest BCUT2D eigenvalue weighted by molar-refractivity contribution is 5.86. The van der Waals surface area contributed by atoms with Gasteiger partial charge in [-0.2, -0.15) is 0 Å². The fourth-order valence-electron chi connectivity index (χ4n) is 2.09. The number of rotatable bonds is 18. The SMILES string of the molecule is CCCOCCOCC(=O)N[C@@H](CCC(=O)NCC(=O)NCC(OC)OC)C(=O)O. The van der Waals surface area contributed by atoms with E-state index in [1.807, 2.05) is 6.92 Å². The Morgan fingerprint density at radius 2 is 1.57 bits per heavy atom. The van der Waals surface area contributed by atoms with Crippen LogP contribution >= 0.6 is 0 Å². The van der Waals surface area contributed by atoms with E-state index >= 15 is 0 Å². The first kappa shape index (κ1) is 27.7. The van der Waals surface area contributed by atoms with Gasteiger partial charge in [0.2, 0.25) is 17.7 Å². The van der Waals surface area contributed by atoms with Gasteiger partial charge in [-0.15, -0.1) is 0 Å². The molecule has 0 bridgehead atoms. The molecule has 0 aliphatic heterocycles. The molecule has 0 aromatic rings. The van der Waals surface area contributed by atoms with E-state index < -0.39 is 36.0 Å². The van der Waals surface area contributed by atoms with Gasteiger partial charge in [0, 0.05) is 27.2 Å². The van der Waals surface area contributed by atoms with Gasteiger partial charge < -0.3 is 40.0 Å². The lowest BCUT2D eigenvalue weighted by molar-refractivity contribution is -0.143. The molecule has 174 valence electrons. The minimum Gasteiger partial charge on any atom is -0.480 e. The van der Waals surface area contributed by atoms with Crippen LogP contribution in [0.3, 0.4) is 0 Å². The fourth-order valence-corrected chi connectivity index (χ4v) is 2.09. The summed E-state index contributed by atoms with van der Waals surface area (Å²) in [5.41, 5.74) is 0. The Hall–Kier alpha value is -2.28. The summed E-state index contributed by atoms with van der Waals surface area (Å²) in [7, 11) is 2.85. The highest BCUT2D eigenvalue weighted by Crippen LogP contribution is 1.98. The Morgan fingerprint density at radius 3 is 2.17 bits per heavy atom. The van der Waals surface area contributed by atoms with E-state index in [0.29, 0.717) is 13.2 Å². The second kappa shape index (κ2) is 17.6. The predicted molar refractivity (Wildman–Crippen MR) is 105 cm³/mol. The molecule has 0 aromatic carbocycles. The van der Waals surface area contributed by atoms with Gasteiger partial charge in [-0.25, -0.2) is 4.79 Å². The minimum absolute atomic E-state index is 0.113. The average Bonchev–Trinajstić information content (AvgIpc) is 2.72. The van der Waals surface area contributed by atoms with Gasteiger partial charge in [-0.3, -0.25) is 14.4 Å². The quantitative estimate of drug-likeness (QED) is 0.150. The van der Waals surface area contributed by atoms with Crippen LogP contribution in [0.25, 0.3) is 0 Å². The number of hydrogen-bond donors (Lipinski definition) is 4. The van der Waals surface area contributed by atoms with Crippen molar-refractivity contribution in [1.29, 1.82) is 0 Å². The Kier molecular flexibility index (Phi) is 16.2. The minimum atomic E-state index is -1.27. The van der Waals surface area contributed by atoms with Crippen LogP contribution in [-0.2, 0) is 38.1 Å². The van der Waals surface area contributed by atoms with Gasteiger partial charge in [0.05, 0.1) is 26.3 Å². The number of ether oxygens (including phenoxy) is 4. The molecule has 0 rings (SSSR count). The van der Waals surface area contributed by atoms with Crippen molar-refractivity contribution in [3.8, 4) is 0 Å². The van der Waals surface area contributed by atoms with Gasteiger partial charge >= 0.3 is 5.97 Å². The van der Waals surface area contributed by atoms with E-state index in [1.165, 1.54) is 14.2 Å². The van der Waals surface area contributed by atoms with Gasteiger partial charge in [0.1, 0.15) is 12.6 Å². The van der Waals surface area contributed by atoms with Gasteiger partial charge in [0.25, 0.3) is 0 Å². The van der Waals surface area contributed by atoms with E-state index in [-0.39, 0.29) is 39.1 Å². The maximum Gasteiger partial charge on any atom is 0.326 e. The molecule has 3 amide bonds. The first-order valence-corrected chi connectivity index (χ1v) is 9.60. The zero-order valence-electron chi connectivity index (χ0n) is 17.7. The lowest BCUT2D eigenvalue weighted by atomic mass is 10.1. The first-order valence-electron chi connectivity index (χ1n) is 9.60. The topological polar surface area (TPSA) is 162 Å². The van der Waals surface area contributed by atoms with Crippen molar-refractivity contribution in [2.75, 3.05) is 53.7 Å². The highest BCUT2D eigenvalue weighted by Gasteiger charge is 2.21. The van der Waals surface area contributed by atoms with Crippen molar-refractivity contribution in [1.82, 2.24) is 16.0 Å². The third-order valence-corrected chi connectivity index (χ3v) is 3.68. The van der Waals surface area contributed by atoms with E-state index in [9.17, 15) is 24.3 Å². The first-order chi connectivity index (χ1) is 14.3. The van der Waals surface area contributed by atoms with Crippen molar-refractivity contribution in [3.63, 3.8) is 0 Å². The number of methoxy groups -OCH3 is 2. The molecule has 0 heterocycles. The number of aliphatic carboxylic acids is 1. The summed E-state index contributed by atoms with van der Waals surface area (Å²) in [5, 5.41) is 16.4. The van der Waals surface area contributed by atoms with E-state index in [0.717, 1.165) is 6.42 Å². The van der Waals surface area contributed by atoms with Crippen LogP contribution in [0.5, 0.6) is 0 Å². The smallest absolute Gasteiger partial charge is 0.326 e. The summed E-state index contributed by atoms with van der Waals surface area (Å²) >= 11 is 0. The number of carbonyl (C=O) groups excluding carboxylic acids is 3. The van der Waals surface area contributed by atoms with Crippen molar-refractivity contribution in [3.05, 3.63) is 0 Å². The zero-order valence-corrected chi connectivity index (χ0v) is 17.7. The van der Waals surface area contributed by atoms with Gasteiger partial charge in [-0.05, 0) is 12.8 Å². The average molecular weight is 435 g/mol. The number of carbonyl (C=O) groups is 4. The van der Waals surface area contributed by atoms with E-state index in [2.05, 4.69) is 16.0 Å². The number of hydrogen-bond acceptors (Lipinski definition) is 8. The van der Waals surface area contributed by atoms with E-state index in [4.69, 9.17) is 18.9 Å². The summed E-state index contributed by atoms with van der Waals surface area (Å²) in [5.74, 6) is -2.86. The van der Waals surface area contributed by atoms with Crippen LogP contribution in [0, 0.1) is 0 Å². The van der Waals surface area contributed by atoms with Crippen molar-refractivity contribution >= 4 is 23.7 Å². The molecule has 1 atom stereocenters. The zero-order chi connectivity index (χ0) is 22.8. The molecule has 0 aromatic heterocycles. The van der Waals surface area contributed by atoms with Crippen LogP contribution in [0.4, 0.5) is 0 Å². The lowest BCUT2D eigenvalue weighted by Crippen LogP contribution is -2.44. The van der Waals surface area contributed by atoms with Gasteiger partial charge in [0.15, 0.2) is 6.29 Å². The molecule has 0 saturated carbocycles. The second-order valence-electron chi connectivity index (χ2n) is 6.14. The maximum atomic E-state index is 11.8. The molecule has 0 aliphatic carbocycles. The highest BCUT2D eigenvalue weighted by atomic mass is 16.7. The normalized spacial score (nSPS) is 11.7. The summed E-state index contributed by atoms with van der Waals surface area (Å²) in [6, 6.07) is -1.25. The summed E-state index contributed by atoms with van der Waals surface area (Å²) in [6.45, 7) is 2.64. The fraction of sp³-hybridized carbons (Fsp3) is 0.778. The Labute approximate surface area is 175 Å². The van der Waals surface area contributed by atoms with Crippen molar-refractivity contribution in [2.24, 2.45) is 0 Å². The summed E-state index contributed by atoms with van der Waals surface area (Å²) in [4.78, 5) is 46.5. The third kappa shape index (κ3) is 14.7. The standard InChI is InChI=1S/C18H33N3O9/c1-4-7-29-8-9-30-12-16(24)21-13(18(25)26)5-6-14(22)19-10-15(23)20-11-17(27-2)28-3/h13,17H,4-12H2,1-3H3,(H,19,22)(H,20,23)(H,21,24)(H,25,26)/t13-/m0/s1. The van der Waals surface area contributed by atoms with Crippen LogP contribution in [0.2, 0.25) is 0 Å². The van der Waals surface area contributed by atoms with Gasteiger partial charge in [-0.1, -0.05) is 6.92 Å². The maximum absolute atomic E-state index is 11.8. The van der Waals surface area contributed by atoms with Crippen molar-refractivity contribution < 1.29 is 43.2 Å². The molecule has 0 radical (unpaired) electrons. The second-order valence-corrected chi connectivity index (χ2v) is 6.14. The molecule has 4 N–H and O–H groups in total.